The lowest BCUT2D eigenvalue weighted by Gasteiger charge is -2.10. The fourth-order valence-electron chi connectivity index (χ4n) is 1.34. The molecule has 0 aliphatic rings. The van der Waals surface area contributed by atoms with Crippen molar-refractivity contribution < 1.29 is 4.79 Å². The molecule has 0 heterocycles. The molecule has 0 atom stereocenters. The molecule has 1 aromatic rings. The van der Waals surface area contributed by atoms with Crippen LogP contribution in [0.15, 0.2) is 24.3 Å². The van der Waals surface area contributed by atoms with Gasteiger partial charge in [0.25, 0.3) is 5.91 Å². The molecule has 0 spiro atoms. The minimum absolute atomic E-state index is 0. The van der Waals surface area contributed by atoms with Gasteiger partial charge in [0.15, 0.2) is 0 Å². The van der Waals surface area contributed by atoms with Gasteiger partial charge in [-0.1, -0.05) is 39.5 Å². The molecule has 2 heteroatoms. The van der Waals surface area contributed by atoms with Crippen LogP contribution in [0.1, 0.15) is 43.1 Å². The van der Waals surface area contributed by atoms with Gasteiger partial charge in [0, 0.05) is 12.6 Å². The second kappa shape index (κ2) is 5.43. The number of rotatable bonds is 2. The van der Waals surface area contributed by atoms with Crippen LogP contribution in [0.5, 0.6) is 0 Å². The average Bonchev–Trinajstić information content (AvgIpc) is 2.16. The minimum Gasteiger partial charge on any atom is -0.355 e. The third-order valence-electron chi connectivity index (χ3n) is 2.05. The van der Waals surface area contributed by atoms with Gasteiger partial charge in [-0.15, -0.1) is 0 Å². The Balaban J connectivity index is 0.00000169. The van der Waals surface area contributed by atoms with Crippen LogP contribution < -0.4 is 5.32 Å². The van der Waals surface area contributed by atoms with Gasteiger partial charge in [0.1, 0.15) is 0 Å². The van der Waals surface area contributed by atoms with Crippen molar-refractivity contribution in [1.82, 2.24) is 5.32 Å². The zero-order chi connectivity index (χ0) is 9.84. The summed E-state index contributed by atoms with van der Waals surface area (Å²) in [5.74, 6) is 0.373. The van der Waals surface area contributed by atoms with Crippen molar-refractivity contribution in [1.29, 1.82) is 0 Å². The third kappa shape index (κ3) is 2.59. The molecule has 1 rings (SSSR count). The summed E-state index contributed by atoms with van der Waals surface area (Å²) in [4.78, 5) is 11.4. The Morgan fingerprint density at radius 1 is 1.29 bits per heavy atom. The van der Waals surface area contributed by atoms with E-state index in [0.29, 0.717) is 5.92 Å². The van der Waals surface area contributed by atoms with Crippen LogP contribution in [0.2, 0.25) is 0 Å². The summed E-state index contributed by atoms with van der Waals surface area (Å²) in [5.41, 5.74) is 1.88. The Kier molecular flexibility index (Phi) is 4.92. The largest absolute Gasteiger partial charge is 0.355 e. The van der Waals surface area contributed by atoms with Crippen LogP contribution in [-0.4, -0.2) is 13.0 Å². The van der Waals surface area contributed by atoms with Gasteiger partial charge < -0.3 is 5.32 Å². The number of nitrogens with one attached hydrogen (secondary N) is 1. The Morgan fingerprint density at radius 2 is 1.86 bits per heavy atom. The smallest absolute Gasteiger partial charge is 0.251 e. The van der Waals surface area contributed by atoms with Gasteiger partial charge in [-0.3, -0.25) is 4.79 Å². The van der Waals surface area contributed by atoms with Gasteiger partial charge in [-0.05, 0) is 17.5 Å². The van der Waals surface area contributed by atoms with Gasteiger partial charge in [-0.25, -0.2) is 0 Å². The zero-order valence-electron chi connectivity index (χ0n) is 8.29. The van der Waals surface area contributed by atoms with Crippen LogP contribution in [0.3, 0.4) is 0 Å². The summed E-state index contributed by atoms with van der Waals surface area (Å²) in [7, 11) is 1.65. The molecule has 14 heavy (non-hydrogen) atoms. The van der Waals surface area contributed by atoms with Crippen molar-refractivity contribution in [3.8, 4) is 0 Å². The molecular formula is C12H19NO. The van der Waals surface area contributed by atoms with E-state index in [2.05, 4.69) is 19.2 Å². The molecule has 78 valence electrons. The molecule has 0 radical (unpaired) electrons. The first-order valence-electron chi connectivity index (χ1n) is 4.47. The second-order valence-electron chi connectivity index (χ2n) is 3.32. The van der Waals surface area contributed by atoms with E-state index in [0.717, 1.165) is 11.1 Å². The van der Waals surface area contributed by atoms with Crippen molar-refractivity contribution in [3.05, 3.63) is 35.4 Å². The Morgan fingerprint density at radius 3 is 2.36 bits per heavy atom. The summed E-state index contributed by atoms with van der Waals surface area (Å²) in [6.45, 7) is 4.17. The molecule has 0 aliphatic carbocycles. The summed E-state index contributed by atoms with van der Waals surface area (Å²) in [5, 5.41) is 2.64. The fourth-order valence-corrected chi connectivity index (χ4v) is 1.34. The molecule has 0 saturated carbocycles. The lowest BCUT2D eigenvalue weighted by molar-refractivity contribution is 0.0962. The summed E-state index contributed by atoms with van der Waals surface area (Å²) < 4.78 is 0. The Bertz CT molecular complexity index is 305. The molecule has 1 amide bonds. The van der Waals surface area contributed by atoms with Crippen molar-refractivity contribution in [2.45, 2.75) is 27.2 Å². The van der Waals surface area contributed by atoms with Crippen LogP contribution in [-0.2, 0) is 0 Å². The standard InChI is InChI=1S/C11H15NO.CH4/c1-8(2)9-6-4-5-7-10(9)11(13)12-3;/h4-8H,1-3H3,(H,12,13);1H4. The van der Waals surface area contributed by atoms with E-state index < -0.39 is 0 Å². The van der Waals surface area contributed by atoms with Crippen molar-refractivity contribution in [2.75, 3.05) is 7.05 Å². The lowest BCUT2D eigenvalue weighted by Crippen LogP contribution is -2.19. The highest BCUT2D eigenvalue weighted by atomic mass is 16.1. The van der Waals surface area contributed by atoms with Crippen LogP contribution >= 0.6 is 0 Å². The average molecular weight is 193 g/mol. The first kappa shape index (κ1) is 12.7. The van der Waals surface area contributed by atoms with Gasteiger partial charge in [-0.2, -0.15) is 0 Å². The minimum atomic E-state index is -0.00991. The number of carbonyl (C=O) groups excluding carboxylic acids is 1. The Hall–Kier alpha value is -1.31. The fraction of sp³-hybridized carbons (Fsp3) is 0.417. The number of hydrogen-bond donors (Lipinski definition) is 1. The number of amides is 1. The Labute approximate surface area is 86.3 Å². The van der Waals surface area contributed by atoms with E-state index in [1.807, 2.05) is 24.3 Å². The van der Waals surface area contributed by atoms with Gasteiger partial charge >= 0.3 is 0 Å². The normalized spacial score (nSPS) is 9.43. The molecule has 0 unspecified atom stereocenters. The quantitative estimate of drug-likeness (QED) is 0.768. The van der Waals surface area contributed by atoms with Crippen LogP contribution in [0.4, 0.5) is 0 Å². The zero-order valence-corrected chi connectivity index (χ0v) is 8.29. The SMILES string of the molecule is C.CNC(=O)c1ccccc1C(C)C. The lowest BCUT2D eigenvalue weighted by atomic mass is 9.97. The number of carbonyl (C=O) groups is 1. The highest BCUT2D eigenvalue weighted by molar-refractivity contribution is 5.95. The summed E-state index contributed by atoms with van der Waals surface area (Å²) in [6.07, 6.45) is 0. The molecule has 0 fully saturated rings. The first-order valence-corrected chi connectivity index (χ1v) is 4.47. The maximum absolute atomic E-state index is 11.4. The molecule has 1 aromatic carbocycles. The van der Waals surface area contributed by atoms with E-state index in [-0.39, 0.29) is 13.3 Å². The van der Waals surface area contributed by atoms with Gasteiger partial charge in [0.2, 0.25) is 0 Å². The predicted octanol–water partition coefficient (Wildman–Crippen LogP) is 2.81. The highest BCUT2D eigenvalue weighted by Gasteiger charge is 2.10. The number of benzene rings is 1. The highest BCUT2D eigenvalue weighted by Crippen LogP contribution is 2.18. The predicted molar refractivity (Wildman–Crippen MR) is 60.7 cm³/mol. The van der Waals surface area contributed by atoms with E-state index in [1.165, 1.54) is 0 Å². The first-order chi connectivity index (χ1) is 6.16. The monoisotopic (exact) mass is 193 g/mol. The molecular weight excluding hydrogens is 174 g/mol. The molecule has 2 nitrogen and oxygen atoms in total. The molecule has 0 bridgehead atoms. The maximum atomic E-state index is 11.4. The topological polar surface area (TPSA) is 29.1 Å². The summed E-state index contributed by atoms with van der Waals surface area (Å²) in [6, 6.07) is 7.70. The van der Waals surface area contributed by atoms with Crippen LogP contribution in [0, 0.1) is 0 Å². The molecule has 0 aromatic heterocycles. The van der Waals surface area contributed by atoms with Crippen LogP contribution in [0.25, 0.3) is 0 Å². The number of hydrogen-bond acceptors (Lipinski definition) is 1. The van der Waals surface area contributed by atoms with E-state index >= 15 is 0 Å². The van der Waals surface area contributed by atoms with E-state index in [1.54, 1.807) is 7.05 Å². The second-order valence-corrected chi connectivity index (χ2v) is 3.32. The van der Waals surface area contributed by atoms with Crippen molar-refractivity contribution in [2.24, 2.45) is 0 Å². The van der Waals surface area contributed by atoms with Gasteiger partial charge in [0.05, 0.1) is 0 Å². The molecule has 0 aliphatic heterocycles. The van der Waals surface area contributed by atoms with Crippen molar-refractivity contribution >= 4 is 5.91 Å². The van der Waals surface area contributed by atoms with E-state index in [4.69, 9.17) is 0 Å². The maximum Gasteiger partial charge on any atom is 0.251 e. The molecule has 0 saturated heterocycles. The van der Waals surface area contributed by atoms with E-state index in [9.17, 15) is 4.79 Å². The third-order valence-corrected chi connectivity index (χ3v) is 2.05. The summed E-state index contributed by atoms with van der Waals surface area (Å²) >= 11 is 0. The molecule has 1 N–H and O–H groups in total. The van der Waals surface area contributed by atoms with Crippen molar-refractivity contribution in [3.63, 3.8) is 0 Å².